The number of halogens is 3. The summed E-state index contributed by atoms with van der Waals surface area (Å²) < 4.78 is 52.1. The van der Waals surface area contributed by atoms with E-state index in [2.05, 4.69) is 5.32 Å². The summed E-state index contributed by atoms with van der Waals surface area (Å²) in [6, 6.07) is -0.753. The molecule has 0 bridgehead atoms. The van der Waals surface area contributed by atoms with Crippen molar-refractivity contribution < 1.29 is 37.0 Å². The van der Waals surface area contributed by atoms with Crippen LogP contribution >= 0.6 is 0 Å². The number of ether oxygens (including phenoxy) is 3. The van der Waals surface area contributed by atoms with Crippen molar-refractivity contribution in [2.75, 3.05) is 59.3 Å². The Kier molecular flexibility index (Phi) is 15.7. The second-order valence-corrected chi connectivity index (χ2v) is 7.40. The summed E-state index contributed by atoms with van der Waals surface area (Å²) in [5.41, 5.74) is 10.3. The number of carbonyl (C=O) groups is 2. The fourth-order valence-electron chi connectivity index (χ4n) is 2.53. The predicted octanol–water partition coefficient (Wildman–Crippen LogP) is 0.108. The molecule has 0 aliphatic carbocycles. The lowest BCUT2D eigenvalue weighted by Gasteiger charge is -2.28. The van der Waals surface area contributed by atoms with Gasteiger partial charge < -0.3 is 36.3 Å². The lowest BCUT2D eigenvalue weighted by molar-refractivity contribution is -0.173. The number of ketones is 1. The first kappa shape index (κ1) is 29.7. The van der Waals surface area contributed by atoms with E-state index >= 15 is 0 Å². The van der Waals surface area contributed by atoms with Crippen LogP contribution in [0, 0.1) is 0 Å². The van der Waals surface area contributed by atoms with Crippen LogP contribution in [0.25, 0.3) is 0 Å². The van der Waals surface area contributed by atoms with Crippen molar-refractivity contribution in [1.82, 2.24) is 10.6 Å². The molecule has 1 unspecified atom stereocenters. The number of rotatable bonds is 19. The summed E-state index contributed by atoms with van der Waals surface area (Å²) in [6.45, 7) is 6.91. The minimum absolute atomic E-state index is 0.122. The van der Waals surface area contributed by atoms with Gasteiger partial charge in [0, 0.05) is 19.6 Å². The van der Waals surface area contributed by atoms with Gasteiger partial charge in [-0.15, -0.1) is 0 Å². The molecule has 31 heavy (non-hydrogen) atoms. The van der Waals surface area contributed by atoms with Gasteiger partial charge in [0.1, 0.15) is 0 Å². The topological polar surface area (TPSA) is 138 Å². The molecule has 0 aromatic rings. The normalized spacial score (nSPS) is 13.3. The van der Waals surface area contributed by atoms with Crippen LogP contribution in [0.15, 0.2) is 0 Å². The smallest absolute Gasteiger partial charge is 0.378 e. The summed E-state index contributed by atoms with van der Waals surface area (Å²) in [5.74, 6) is -2.17. The average Bonchev–Trinajstić information content (AvgIpc) is 2.70. The van der Waals surface area contributed by atoms with Crippen LogP contribution in [0.5, 0.6) is 0 Å². The second-order valence-electron chi connectivity index (χ2n) is 7.40. The number of carbonyl (C=O) groups excluding carboxylic acids is 2. The van der Waals surface area contributed by atoms with Gasteiger partial charge in [0.25, 0.3) is 0 Å². The van der Waals surface area contributed by atoms with Crippen molar-refractivity contribution in [3.8, 4) is 0 Å². The molecular formula is C19H37F3N4O5. The van der Waals surface area contributed by atoms with E-state index in [9.17, 15) is 22.8 Å². The summed E-state index contributed by atoms with van der Waals surface area (Å²) in [4.78, 5) is 23.2. The molecule has 0 aliphatic heterocycles. The van der Waals surface area contributed by atoms with Crippen molar-refractivity contribution in [1.29, 1.82) is 0 Å². The Morgan fingerprint density at radius 1 is 0.903 bits per heavy atom. The number of amides is 1. The highest BCUT2D eigenvalue weighted by atomic mass is 19.4. The molecule has 0 heterocycles. The maximum Gasteiger partial charge on any atom is 0.471 e. The molecule has 0 radical (unpaired) electrons. The number of alkyl halides is 3. The summed E-state index contributed by atoms with van der Waals surface area (Å²) in [7, 11) is 0. The largest absolute Gasteiger partial charge is 0.471 e. The number of nitrogens with two attached hydrogens (primary N) is 2. The van der Waals surface area contributed by atoms with E-state index in [0.717, 1.165) is 0 Å². The van der Waals surface area contributed by atoms with Gasteiger partial charge in [0.15, 0.2) is 5.78 Å². The Balaban J connectivity index is 3.83. The molecule has 9 nitrogen and oxygen atoms in total. The molecule has 6 N–H and O–H groups in total. The zero-order valence-electron chi connectivity index (χ0n) is 18.4. The fourth-order valence-corrected chi connectivity index (χ4v) is 2.53. The van der Waals surface area contributed by atoms with Crippen molar-refractivity contribution in [2.45, 2.75) is 50.9 Å². The van der Waals surface area contributed by atoms with E-state index in [1.165, 1.54) is 0 Å². The highest BCUT2D eigenvalue weighted by Crippen LogP contribution is 2.14. The Labute approximate surface area is 181 Å². The molecule has 0 aromatic carbocycles. The van der Waals surface area contributed by atoms with Gasteiger partial charge in [0.05, 0.1) is 51.2 Å². The Morgan fingerprint density at radius 2 is 1.45 bits per heavy atom. The molecule has 184 valence electrons. The molecule has 0 saturated carbocycles. The average molecular weight is 459 g/mol. The van der Waals surface area contributed by atoms with Crippen LogP contribution in [-0.2, 0) is 23.8 Å². The van der Waals surface area contributed by atoms with Crippen LogP contribution in [0.1, 0.15) is 33.1 Å². The third-order valence-corrected chi connectivity index (χ3v) is 4.26. The van der Waals surface area contributed by atoms with Gasteiger partial charge >= 0.3 is 12.1 Å². The van der Waals surface area contributed by atoms with E-state index in [-0.39, 0.29) is 12.3 Å². The fraction of sp³-hybridized carbons (Fsp3) is 0.895. The maximum atomic E-state index is 12.5. The van der Waals surface area contributed by atoms with Gasteiger partial charge in [-0.2, -0.15) is 13.2 Å². The number of hydrogen-bond donors (Lipinski definition) is 4. The van der Waals surface area contributed by atoms with Crippen molar-refractivity contribution in [3.05, 3.63) is 0 Å². The van der Waals surface area contributed by atoms with Gasteiger partial charge in [-0.25, -0.2) is 0 Å². The zero-order chi connectivity index (χ0) is 23.8. The molecule has 0 fully saturated rings. The third-order valence-electron chi connectivity index (χ3n) is 4.26. The minimum atomic E-state index is -4.89. The third kappa shape index (κ3) is 15.2. The Bertz CT molecular complexity index is 507. The van der Waals surface area contributed by atoms with Crippen LogP contribution in [0.4, 0.5) is 13.2 Å². The number of unbranched alkanes of at least 4 members (excludes halogenated alkanes) is 1. The summed E-state index contributed by atoms with van der Waals surface area (Å²) >= 11 is 0. The lowest BCUT2D eigenvalue weighted by Crippen LogP contribution is -2.54. The molecule has 0 rings (SSSR count). The van der Waals surface area contributed by atoms with E-state index in [4.69, 9.17) is 25.7 Å². The zero-order valence-corrected chi connectivity index (χ0v) is 18.4. The van der Waals surface area contributed by atoms with Gasteiger partial charge in [-0.05, 0) is 33.1 Å². The predicted molar refractivity (Wildman–Crippen MR) is 109 cm³/mol. The van der Waals surface area contributed by atoms with Gasteiger partial charge in [-0.1, -0.05) is 0 Å². The van der Waals surface area contributed by atoms with E-state index < -0.39 is 23.7 Å². The number of hydrogen-bond acceptors (Lipinski definition) is 8. The van der Waals surface area contributed by atoms with Crippen molar-refractivity contribution >= 4 is 11.7 Å². The first-order valence-electron chi connectivity index (χ1n) is 10.4. The molecule has 0 saturated heterocycles. The number of nitrogens with one attached hydrogen (secondary N) is 2. The molecule has 1 amide bonds. The first-order valence-corrected chi connectivity index (χ1v) is 10.4. The van der Waals surface area contributed by atoms with E-state index in [0.29, 0.717) is 72.0 Å². The summed E-state index contributed by atoms with van der Waals surface area (Å²) in [6.07, 6.45) is -3.86. The standard InChI is InChI=1S/C19H37F3N4O5/c1-18(2,26-8-10-30-12-14-31-13-11-29-9-6-23)16(27)15(24)5-3-4-7-25-17(28)19(20,21)22/h15,26H,3-14,23-24H2,1-2H3,(H,25,28). The summed E-state index contributed by atoms with van der Waals surface area (Å²) in [5, 5.41) is 4.87. The first-order chi connectivity index (χ1) is 14.5. The number of Topliss-reactive ketones (excluding diaryl/α,β-unsaturated/α-hetero) is 1. The van der Waals surface area contributed by atoms with Crippen LogP contribution in [-0.4, -0.2) is 88.7 Å². The second kappa shape index (κ2) is 16.3. The highest BCUT2D eigenvalue weighted by molar-refractivity contribution is 5.92. The molecule has 1 atom stereocenters. The maximum absolute atomic E-state index is 12.5. The van der Waals surface area contributed by atoms with Crippen LogP contribution < -0.4 is 22.1 Å². The quantitative estimate of drug-likeness (QED) is 0.200. The van der Waals surface area contributed by atoms with Crippen LogP contribution in [0.3, 0.4) is 0 Å². The molecular weight excluding hydrogens is 421 g/mol. The Morgan fingerprint density at radius 3 is 2.00 bits per heavy atom. The van der Waals surface area contributed by atoms with E-state index in [1.54, 1.807) is 19.2 Å². The highest BCUT2D eigenvalue weighted by Gasteiger charge is 2.38. The van der Waals surface area contributed by atoms with Crippen molar-refractivity contribution in [3.63, 3.8) is 0 Å². The van der Waals surface area contributed by atoms with Crippen molar-refractivity contribution in [2.24, 2.45) is 11.5 Å². The van der Waals surface area contributed by atoms with E-state index in [1.807, 2.05) is 0 Å². The van der Waals surface area contributed by atoms with Gasteiger partial charge in [-0.3, -0.25) is 9.59 Å². The molecule has 12 heteroatoms. The molecule has 0 aromatic heterocycles. The van der Waals surface area contributed by atoms with Gasteiger partial charge in [0.2, 0.25) is 0 Å². The Hall–Kier alpha value is -1.31. The monoisotopic (exact) mass is 458 g/mol. The molecule has 0 spiro atoms. The minimum Gasteiger partial charge on any atom is -0.378 e. The lowest BCUT2D eigenvalue weighted by atomic mass is 9.91. The molecule has 0 aliphatic rings. The van der Waals surface area contributed by atoms with Crippen LogP contribution in [0.2, 0.25) is 0 Å². The SMILES string of the molecule is CC(C)(NCCOCCOCCOCCN)C(=O)C(N)CCCCNC(=O)C(F)(F)F.